The summed E-state index contributed by atoms with van der Waals surface area (Å²) in [7, 11) is 0. The topological polar surface area (TPSA) is 654 Å². The van der Waals surface area contributed by atoms with Gasteiger partial charge in [-0.1, -0.05) is 0 Å². The van der Waals surface area contributed by atoms with E-state index in [1.54, 1.807) is 0 Å². The average Bonchev–Trinajstić information content (AvgIpc) is 1.63. The van der Waals surface area contributed by atoms with Crippen LogP contribution in [0.1, 0.15) is 193 Å². The number of carbonyl (C=O) groups excluding carboxylic acids is 12. The van der Waals surface area contributed by atoms with Crippen molar-refractivity contribution in [2.45, 2.75) is 0 Å². The molecule has 6 N–H and O–H groups in total. The maximum absolute atomic E-state index is 12.0. The molecule has 0 amide bonds. The van der Waals surface area contributed by atoms with Crippen molar-refractivity contribution in [3.63, 3.8) is 0 Å². The Balaban J connectivity index is 0.000000189. The van der Waals surface area contributed by atoms with Crippen molar-refractivity contribution in [2.24, 2.45) is 0 Å². The van der Waals surface area contributed by atoms with Crippen molar-refractivity contribution < 1.29 is 119 Å². The van der Waals surface area contributed by atoms with E-state index < -0.39 is 138 Å². The van der Waals surface area contributed by atoms with Crippen molar-refractivity contribution in [1.29, 1.82) is 0 Å². The third-order valence-corrected chi connectivity index (χ3v) is 16.7. The molecule has 0 fully saturated rings. The first-order chi connectivity index (χ1) is 51.5. The van der Waals surface area contributed by atoms with Gasteiger partial charge in [-0.3, -0.25) is 0 Å². The number of aromatic amines is 6. The third kappa shape index (κ3) is 15.1. The van der Waals surface area contributed by atoms with E-state index >= 15 is 0 Å². The summed E-state index contributed by atoms with van der Waals surface area (Å²) >= 11 is 0. The Morgan fingerprint density at radius 1 is 0.161 bits per heavy atom. The van der Waals surface area contributed by atoms with E-state index in [-0.39, 0.29) is 204 Å². The number of aromatic nitrogens is 12. The second kappa shape index (κ2) is 32.2. The van der Waals surface area contributed by atoms with Crippen LogP contribution in [-0.4, -0.2) is 201 Å². The normalized spacial score (nSPS) is 11.6. The number of hydrogen-bond acceptors (Lipinski definition) is 30. The minimum atomic E-state index is -1.69. The molecule has 0 spiro atoms. The Morgan fingerprint density at radius 3 is 0.348 bits per heavy atom. The van der Waals surface area contributed by atoms with E-state index in [0.29, 0.717) is 0 Å². The number of fused-ring (bicyclic) bond motifs is 24. The predicted molar refractivity (Wildman–Crippen MR) is 372 cm³/mol. The molecule has 15 heterocycles. The largest absolute Gasteiger partial charge is 3.00 e. The number of carboxylic acids is 12. The SMILES string of the molecule is O=C([O-])c1c2nc(c(C(=O)[O-])c3ccc([nH]3)c(C(=O)[O-])c3ccc([nH]3)c(C(=O)[O-])c3nc1C=C3)C=C2.O=C([O-])c1c2nc(c(C(=O)[O-])c3ccc([nH]3)c(C(=O)[O-])c3ccc([nH]3)c(C(=O)[O-])c3nc1C=C3)C=C2.O=C([O-])c1c2nc(c(C(=O)[O-])c3ccc([nH]3)c(C(=O)[O-])c3ccc([nH]3)c(C(=O)[O-])c3nc1C=C3)C=C2.[Al+3].[Al+3].[Al+3].[Al+3]. The molecular formula is C72H30Al4N12O24. The maximum atomic E-state index is 12.0. The minimum absolute atomic E-state index is 0. The Hall–Kier alpha value is -14.4. The molecule has 0 unspecified atom stereocenters. The second-order valence-corrected chi connectivity index (χ2v) is 23.0. The first kappa shape index (κ1) is 81.6. The molecular weight excluding hydrogens is 1520 g/mol. The van der Waals surface area contributed by atoms with Gasteiger partial charge in [-0.15, -0.1) is 0 Å². The first-order valence-corrected chi connectivity index (χ1v) is 30.5. The van der Waals surface area contributed by atoms with E-state index in [9.17, 15) is 119 Å². The molecule has 15 rings (SSSR count). The van der Waals surface area contributed by atoms with Crippen LogP contribution < -0.4 is 61.3 Å². The second-order valence-electron chi connectivity index (χ2n) is 23.0. The van der Waals surface area contributed by atoms with Gasteiger partial charge in [-0.25, -0.2) is 29.9 Å². The summed E-state index contributed by atoms with van der Waals surface area (Å²) < 4.78 is 0. The minimum Gasteiger partial charge on any atom is -0.545 e. The Labute approximate surface area is 662 Å². The van der Waals surface area contributed by atoms with Crippen LogP contribution >= 0.6 is 0 Å². The van der Waals surface area contributed by atoms with Crippen LogP contribution in [0.3, 0.4) is 0 Å². The van der Waals surface area contributed by atoms with Gasteiger partial charge in [0, 0.05) is 133 Å². The number of H-pyrrole nitrogens is 6. The number of carboxylic acid groups (broad SMARTS) is 12. The van der Waals surface area contributed by atoms with Crippen LogP contribution in [-0.2, 0) is 0 Å². The van der Waals surface area contributed by atoms with Crippen molar-refractivity contribution in [3.05, 3.63) is 208 Å². The number of carbonyl (C=O) groups is 12. The fourth-order valence-corrected chi connectivity index (χ4v) is 12.2. The van der Waals surface area contributed by atoms with Gasteiger partial charge in [0.1, 0.15) is 0 Å². The third-order valence-electron chi connectivity index (χ3n) is 16.7. The van der Waals surface area contributed by atoms with E-state index in [0.717, 1.165) is 0 Å². The molecule has 0 saturated carbocycles. The summed E-state index contributed by atoms with van der Waals surface area (Å²) in [5.41, 5.74) is -8.84. The number of hydrogen-bond donors (Lipinski definition) is 6. The molecule has 112 heavy (non-hydrogen) atoms. The summed E-state index contributed by atoms with van der Waals surface area (Å²) in [4.78, 5) is 184. The van der Waals surface area contributed by atoms with Crippen LogP contribution in [0.5, 0.6) is 0 Å². The van der Waals surface area contributed by atoms with Gasteiger partial charge < -0.3 is 149 Å². The maximum Gasteiger partial charge on any atom is 3.00 e. The Morgan fingerprint density at radius 2 is 0.250 bits per heavy atom. The fraction of sp³-hybridized carbons (Fsp3) is 0. The van der Waals surface area contributed by atoms with Gasteiger partial charge in [-0.2, -0.15) is 0 Å². The molecule has 0 saturated heterocycles. The molecule has 6 aliphatic rings. The molecule has 36 nitrogen and oxygen atoms in total. The number of aromatic carboxylic acids is 12. The van der Waals surface area contributed by atoms with Crippen molar-refractivity contribution in [3.8, 4) is 0 Å². The van der Waals surface area contributed by atoms with E-state index in [4.69, 9.17) is 0 Å². The molecule has 0 aromatic carbocycles. The quantitative estimate of drug-likeness (QED) is 0.0619. The molecule has 24 bridgehead atoms. The predicted octanol–water partition coefficient (Wildman–Crippen LogP) is -7.19. The molecule has 0 aliphatic carbocycles. The zero-order valence-electron chi connectivity index (χ0n) is 55.6. The van der Waals surface area contributed by atoms with Crippen molar-refractivity contribution >= 4 is 280 Å². The fourth-order valence-electron chi connectivity index (χ4n) is 12.2. The zero-order chi connectivity index (χ0) is 77.2. The van der Waals surface area contributed by atoms with Crippen molar-refractivity contribution in [1.82, 2.24) is 59.8 Å². The van der Waals surface area contributed by atoms with E-state index in [1.165, 1.54) is 146 Å². The standard InChI is InChI=1S/3C24H14N4O8.4Al/c3*29-21(30)17-9-1-2-10(25-9)18(22(31)32)12-5-6-14(27-12)20(24(35)36)16-8-7-15(28-16)19(23(33)34)13-4-3-11(17)26-13;;;;/h3*1-8,25-26H,(H,29,30)(H,31,32)(H,33,34)(H,35,36);;;;/q;;;4*+3/p-12. The molecule has 6 aliphatic heterocycles. The zero-order valence-corrected chi connectivity index (χ0v) is 60.3. The van der Waals surface area contributed by atoms with E-state index in [2.05, 4.69) is 59.8 Å². The molecule has 0 radical (unpaired) electrons. The van der Waals surface area contributed by atoms with Crippen LogP contribution in [0, 0.1) is 0 Å². The van der Waals surface area contributed by atoms with E-state index in [1.807, 2.05) is 0 Å². The smallest absolute Gasteiger partial charge is 0.545 e. The monoisotopic (exact) mass is 1550 g/mol. The van der Waals surface area contributed by atoms with Gasteiger partial charge in [0.05, 0.1) is 140 Å². The summed E-state index contributed by atoms with van der Waals surface area (Å²) in [5.74, 6) is -20.0. The van der Waals surface area contributed by atoms with Gasteiger partial charge in [0.2, 0.25) is 0 Å². The van der Waals surface area contributed by atoms with Gasteiger partial charge in [-0.05, 0) is 146 Å². The molecule has 40 heteroatoms. The van der Waals surface area contributed by atoms with Crippen LogP contribution in [0.25, 0.3) is 139 Å². The molecule has 534 valence electrons. The average molecular weight is 1560 g/mol. The number of rotatable bonds is 12. The molecule has 0 atom stereocenters. The summed E-state index contributed by atoms with van der Waals surface area (Å²) in [6.07, 6.45) is 14.7. The van der Waals surface area contributed by atoms with Gasteiger partial charge >= 0.3 is 69.4 Å². The van der Waals surface area contributed by atoms with Crippen LogP contribution in [0.4, 0.5) is 0 Å². The van der Waals surface area contributed by atoms with Crippen LogP contribution in [0.2, 0.25) is 0 Å². The number of nitrogens with zero attached hydrogens (tertiary/aromatic N) is 6. The van der Waals surface area contributed by atoms with Crippen LogP contribution in [0.15, 0.2) is 72.8 Å². The summed E-state index contributed by atoms with van der Waals surface area (Å²) in [6.45, 7) is 0. The Bertz CT molecular complexity index is 5570. The molecule has 9 aromatic heterocycles. The summed E-state index contributed by atoms with van der Waals surface area (Å²) in [6, 6.07) is 15.3. The Kier molecular flexibility index (Phi) is 23.5. The number of nitrogens with one attached hydrogen (secondary N) is 6. The summed E-state index contributed by atoms with van der Waals surface area (Å²) in [5, 5.41) is 144. The van der Waals surface area contributed by atoms with Crippen molar-refractivity contribution in [2.75, 3.05) is 0 Å². The first-order valence-electron chi connectivity index (χ1n) is 30.5. The molecule has 9 aromatic rings. The van der Waals surface area contributed by atoms with Gasteiger partial charge in [0.25, 0.3) is 0 Å². The van der Waals surface area contributed by atoms with Gasteiger partial charge in [0.15, 0.2) is 0 Å².